The van der Waals surface area contributed by atoms with Gasteiger partial charge in [-0.2, -0.15) is 0 Å². The Morgan fingerprint density at radius 1 is 1.47 bits per heavy atom. The Kier molecular flexibility index (Phi) is 3.87. The van der Waals surface area contributed by atoms with Gasteiger partial charge in [0.25, 0.3) is 0 Å². The number of carbonyl (C=O) groups excluding carboxylic acids is 1. The van der Waals surface area contributed by atoms with Crippen molar-refractivity contribution in [3.8, 4) is 0 Å². The van der Waals surface area contributed by atoms with Gasteiger partial charge in [0, 0.05) is 28.8 Å². The van der Waals surface area contributed by atoms with Crippen molar-refractivity contribution in [1.29, 1.82) is 0 Å². The molecule has 1 heterocycles. The number of nitrogens with zero attached hydrogens (tertiary/aromatic N) is 1. The van der Waals surface area contributed by atoms with Crippen molar-refractivity contribution in [2.24, 2.45) is 11.8 Å². The van der Waals surface area contributed by atoms with E-state index in [9.17, 15) is 4.79 Å². The lowest BCUT2D eigenvalue weighted by molar-refractivity contribution is 0.112. The van der Waals surface area contributed by atoms with Crippen molar-refractivity contribution < 1.29 is 4.79 Å². The lowest BCUT2D eigenvalue weighted by atomic mass is 9.95. The molecule has 2 rings (SSSR count). The molecule has 92 valence electrons. The van der Waals surface area contributed by atoms with Gasteiger partial charge in [0.15, 0.2) is 6.29 Å². The number of rotatable bonds is 3. The first kappa shape index (κ1) is 12.6. The first-order valence-corrected chi connectivity index (χ1v) is 6.90. The number of anilines is 1. The highest BCUT2D eigenvalue weighted by Gasteiger charge is 2.26. The van der Waals surface area contributed by atoms with Crippen LogP contribution in [0.3, 0.4) is 0 Å². The minimum absolute atomic E-state index is 0.718. The predicted octanol–water partition coefficient (Wildman–Crippen LogP) is 3.74. The summed E-state index contributed by atoms with van der Waals surface area (Å²) in [6.07, 6.45) is 2.18. The SMILES string of the molecule is CC(C)C1CCN(c2ccc(Br)cc2C=O)C1. The van der Waals surface area contributed by atoms with Gasteiger partial charge in [-0.15, -0.1) is 0 Å². The number of hydrogen-bond acceptors (Lipinski definition) is 2. The Labute approximate surface area is 111 Å². The molecule has 1 aromatic carbocycles. The van der Waals surface area contributed by atoms with Gasteiger partial charge in [0.05, 0.1) is 0 Å². The zero-order chi connectivity index (χ0) is 12.4. The maximum absolute atomic E-state index is 11.1. The summed E-state index contributed by atoms with van der Waals surface area (Å²) < 4.78 is 0.961. The Bertz CT molecular complexity index is 417. The number of carbonyl (C=O) groups is 1. The van der Waals surface area contributed by atoms with Crippen LogP contribution in [0.1, 0.15) is 30.6 Å². The third-order valence-electron chi connectivity index (χ3n) is 3.62. The molecular formula is C14H18BrNO. The fraction of sp³-hybridized carbons (Fsp3) is 0.500. The van der Waals surface area contributed by atoms with E-state index in [1.54, 1.807) is 0 Å². The van der Waals surface area contributed by atoms with Gasteiger partial charge in [0.2, 0.25) is 0 Å². The quantitative estimate of drug-likeness (QED) is 0.792. The Morgan fingerprint density at radius 3 is 2.82 bits per heavy atom. The number of hydrogen-bond donors (Lipinski definition) is 0. The van der Waals surface area contributed by atoms with E-state index in [0.29, 0.717) is 0 Å². The topological polar surface area (TPSA) is 20.3 Å². The lowest BCUT2D eigenvalue weighted by Crippen LogP contribution is -2.22. The number of halogens is 1. The Morgan fingerprint density at radius 2 is 2.24 bits per heavy atom. The Hall–Kier alpha value is -0.830. The second-order valence-electron chi connectivity index (χ2n) is 5.06. The van der Waals surface area contributed by atoms with E-state index in [-0.39, 0.29) is 0 Å². The van der Waals surface area contributed by atoms with Crippen molar-refractivity contribution in [1.82, 2.24) is 0 Å². The van der Waals surface area contributed by atoms with E-state index in [4.69, 9.17) is 0 Å². The molecule has 1 unspecified atom stereocenters. The van der Waals surface area contributed by atoms with Crippen LogP contribution in [0.15, 0.2) is 22.7 Å². The molecule has 1 aromatic rings. The average molecular weight is 296 g/mol. The van der Waals surface area contributed by atoms with Crippen LogP contribution >= 0.6 is 15.9 Å². The molecule has 1 saturated heterocycles. The van der Waals surface area contributed by atoms with Crippen LogP contribution in [0.5, 0.6) is 0 Å². The van der Waals surface area contributed by atoms with Crippen LogP contribution in [0.2, 0.25) is 0 Å². The fourth-order valence-corrected chi connectivity index (χ4v) is 2.84. The molecule has 2 nitrogen and oxygen atoms in total. The summed E-state index contributed by atoms with van der Waals surface area (Å²) in [5.74, 6) is 1.47. The van der Waals surface area contributed by atoms with Gasteiger partial charge in [-0.25, -0.2) is 0 Å². The maximum Gasteiger partial charge on any atom is 0.152 e. The summed E-state index contributed by atoms with van der Waals surface area (Å²) in [4.78, 5) is 13.4. The van der Waals surface area contributed by atoms with Crippen molar-refractivity contribution in [3.05, 3.63) is 28.2 Å². The normalized spacial score (nSPS) is 20.0. The molecule has 3 heteroatoms. The van der Waals surface area contributed by atoms with E-state index >= 15 is 0 Å². The molecule has 1 atom stereocenters. The summed E-state index contributed by atoms with van der Waals surface area (Å²) in [5, 5.41) is 0. The third-order valence-corrected chi connectivity index (χ3v) is 4.12. The molecular weight excluding hydrogens is 278 g/mol. The van der Waals surface area contributed by atoms with Crippen LogP contribution in [-0.4, -0.2) is 19.4 Å². The van der Waals surface area contributed by atoms with Crippen molar-refractivity contribution in [3.63, 3.8) is 0 Å². The minimum Gasteiger partial charge on any atom is -0.371 e. The van der Waals surface area contributed by atoms with Gasteiger partial charge in [-0.05, 0) is 36.5 Å². The molecule has 1 aliphatic heterocycles. The largest absolute Gasteiger partial charge is 0.371 e. The van der Waals surface area contributed by atoms with Crippen molar-refractivity contribution >= 4 is 27.9 Å². The Balaban J connectivity index is 2.21. The van der Waals surface area contributed by atoms with Crippen molar-refractivity contribution in [2.45, 2.75) is 20.3 Å². The van der Waals surface area contributed by atoms with Crippen molar-refractivity contribution in [2.75, 3.05) is 18.0 Å². The predicted molar refractivity (Wildman–Crippen MR) is 74.7 cm³/mol. The molecule has 0 saturated carbocycles. The first-order valence-electron chi connectivity index (χ1n) is 6.11. The molecule has 0 radical (unpaired) electrons. The molecule has 0 bridgehead atoms. The fourth-order valence-electron chi connectivity index (χ4n) is 2.46. The molecule has 0 aromatic heterocycles. The highest BCUT2D eigenvalue weighted by Crippen LogP contribution is 2.31. The molecule has 0 aliphatic carbocycles. The van der Waals surface area contributed by atoms with E-state index in [1.165, 1.54) is 6.42 Å². The first-order chi connectivity index (χ1) is 8.11. The van der Waals surface area contributed by atoms with Crippen LogP contribution in [0.25, 0.3) is 0 Å². The van der Waals surface area contributed by atoms with E-state index < -0.39 is 0 Å². The van der Waals surface area contributed by atoms with Crippen LogP contribution in [-0.2, 0) is 0 Å². The second-order valence-corrected chi connectivity index (χ2v) is 5.98. The van der Waals surface area contributed by atoms with Gasteiger partial charge in [0.1, 0.15) is 0 Å². The summed E-state index contributed by atoms with van der Waals surface area (Å²) in [5.41, 5.74) is 1.86. The lowest BCUT2D eigenvalue weighted by Gasteiger charge is -2.21. The third kappa shape index (κ3) is 2.71. The van der Waals surface area contributed by atoms with E-state index in [1.807, 2.05) is 18.2 Å². The average Bonchev–Trinajstić information content (AvgIpc) is 2.78. The minimum atomic E-state index is 0.718. The highest BCUT2D eigenvalue weighted by atomic mass is 79.9. The molecule has 0 N–H and O–H groups in total. The van der Waals surface area contributed by atoms with E-state index in [2.05, 4.69) is 34.7 Å². The summed E-state index contributed by atoms with van der Waals surface area (Å²) >= 11 is 3.40. The van der Waals surface area contributed by atoms with E-state index in [0.717, 1.165) is 46.9 Å². The highest BCUT2D eigenvalue weighted by molar-refractivity contribution is 9.10. The standard InChI is InChI=1S/C14H18BrNO/c1-10(2)11-5-6-16(8-11)14-4-3-13(15)7-12(14)9-17/h3-4,7,9-11H,5-6,8H2,1-2H3. The smallest absolute Gasteiger partial charge is 0.152 e. The van der Waals surface area contributed by atoms with Gasteiger partial charge in [-0.1, -0.05) is 29.8 Å². The molecule has 17 heavy (non-hydrogen) atoms. The van der Waals surface area contributed by atoms with Gasteiger partial charge in [-0.3, -0.25) is 4.79 Å². The molecule has 1 fully saturated rings. The van der Waals surface area contributed by atoms with Crippen LogP contribution < -0.4 is 4.90 Å². The van der Waals surface area contributed by atoms with Gasteiger partial charge >= 0.3 is 0 Å². The second kappa shape index (κ2) is 5.21. The number of aldehydes is 1. The maximum atomic E-state index is 11.1. The molecule has 0 spiro atoms. The zero-order valence-corrected chi connectivity index (χ0v) is 11.9. The van der Waals surface area contributed by atoms with Gasteiger partial charge < -0.3 is 4.90 Å². The molecule has 1 aliphatic rings. The summed E-state index contributed by atoms with van der Waals surface area (Å²) in [6.45, 7) is 6.68. The zero-order valence-electron chi connectivity index (χ0n) is 10.3. The summed E-state index contributed by atoms with van der Waals surface area (Å²) in [7, 11) is 0. The molecule has 0 amide bonds. The number of benzene rings is 1. The summed E-state index contributed by atoms with van der Waals surface area (Å²) in [6, 6.07) is 5.94. The monoisotopic (exact) mass is 295 g/mol. The van der Waals surface area contributed by atoms with Crippen LogP contribution in [0.4, 0.5) is 5.69 Å². The van der Waals surface area contributed by atoms with Crippen LogP contribution in [0, 0.1) is 11.8 Å².